The lowest BCUT2D eigenvalue weighted by Crippen LogP contribution is -2.15. The molecule has 0 fully saturated rings. The van der Waals surface area contributed by atoms with E-state index in [0.29, 0.717) is 0 Å². The first kappa shape index (κ1) is 19.6. The first-order valence-corrected chi connectivity index (χ1v) is 9.56. The number of nitrogens with one attached hydrogen (secondary N) is 1. The lowest BCUT2D eigenvalue weighted by molar-refractivity contribution is 0.402. The molecule has 0 saturated carbocycles. The molecule has 0 unspecified atom stereocenters. The zero-order chi connectivity index (χ0) is 19.4. The van der Waals surface area contributed by atoms with Crippen LogP contribution in [0.25, 0.3) is 5.69 Å². The van der Waals surface area contributed by atoms with Gasteiger partial charge in [-0.25, -0.2) is 4.68 Å². The first-order valence-electron chi connectivity index (χ1n) is 9.18. The molecule has 1 aromatic heterocycles. The summed E-state index contributed by atoms with van der Waals surface area (Å²) < 4.78 is 1.99. The van der Waals surface area contributed by atoms with E-state index in [1.165, 1.54) is 16.7 Å². The minimum absolute atomic E-state index is 0.735. The second-order valence-electron chi connectivity index (χ2n) is 7.20. The van der Waals surface area contributed by atoms with Crippen molar-refractivity contribution in [2.24, 2.45) is 0 Å². The van der Waals surface area contributed by atoms with Gasteiger partial charge in [0.05, 0.1) is 11.4 Å². The Labute approximate surface area is 166 Å². The summed E-state index contributed by atoms with van der Waals surface area (Å²) >= 11 is 6.00. The van der Waals surface area contributed by atoms with Gasteiger partial charge in [0.25, 0.3) is 0 Å². The van der Waals surface area contributed by atoms with E-state index in [1.807, 2.05) is 28.9 Å². The molecular weight excluding hydrogens is 356 g/mol. The quantitative estimate of drug-likeness (QED) is 0.653. The van der Waals surface area contributed by atoms with E-state index in [9.17, 15) is 0 Å². The summed E-state index contributed by atoms with van der Waals surface area (Å²) in [6.45, 7) is 6.77. The number of rotatable bonds is 7. The average molecular weight is 383 g/mol. The van der Waals surface area contributed by atoms with Gasteiger partial charge < -0.3 is 10.2 Å². The highest BCUT2D eigenvalue weighted by molar-refractivity contribution is 6.30. The second kappa shape index (κ2) is 8.70. The zero-order valence-electron chi connectivity index (χ0n) is 16.5. The van der Waals surface area contributed by atoms with Gasteiger partial charge in [-0.1, -0.05) is 35.9 Å². The summed E-state index contributed by atoms with van der Waals surface area (Å²) in [5.74, 6) is 0. The zero-order valence-corrected chi connectivity index (χ0v) is 17.2. The van der Waals surface area contributed by atoms with Crippen molar-refractivity contribution in [2.75, 3.05) is 14.1 Å². The minimum Gasteiger partial charge on any atom is -0.308 e. The van der Waals surface area contributed by atoms with Crippen molar-refractivity contribution in [3.8, 4) is 5.69 Å². The van der Waals surface area contributed by atoms with Crippen LogP contribution in [-0.4, -0.2) is 28.8 Å². The molecule has 142 valence electrons. The number of aromatic nitrogens is 2. The predicted octanol–water partition coefficient (Wildman–Crippen LogP) is 4.49. The van der Waals surface area contributed by atoms with Crippen molar-refractivity contribution < 1.29 is 0 Å². The van der Waals surface area contributed by atoms with Crippen molar-refractivity contribution in [3.05, 3.63) is 81.6 Å². The van der Waals surface area contributed by atoms with Crippen LogP contribution in [0.2, 0.25) is 5.02 Å². The topological polar surface area (TPSA) is 33.1 Å². The summed E-state index contributed by atoms with van der Waals surface area (Å²) in [4.78, 5) is 2.18. The molecule has 0 radical (unpaired) electrons. The van der Waals surface area contributed by atoms with E-state index in [-0.39, 0.29) is 0 Å². The van der Waals surface area contributed by atoms with Gasteiger partial charge in [-0.3, -0.25) is 0 Å². The molecule has 0 saturated heterocycles. The Bertz CT molecular complexity index is 897. The third kappa shape index (κ3) is 4.98. The number of hydrogen-bond donors (Lipinski definition) is 1. The van der Waals surface area contributed by atoms with Crippen LogP contribution >= 0.6 is 11.6 Å². The van der Waals surface area contributed by atoms with Gasteiger partial charge >= 0.3 is 0 Å². The van der Waals surface area contributed by atoms with Gasteiger partial charge in [-0.15, -0.1) is 0 Å². The lowest BCUT2D eigenvalue weighted by Gasteiger charge is -2.11. The van der Waals surface area contributed by atoms with Gasteiger partial charge in [0.1, 0.15) is 0 Å². The number of nitrogens with zero attached hydrogens (tertiary/aromatic N) is 3. The van der Waals surface area contributed by atoms with Gasteiger partial charge in [-0.2, -0.15) is 5.10 Å². The molecule has 0 aliphatic heterocycles. The molecule has 0 spiro atoms. The normalized spacial score (nSPS) is 11.3. The Balaban J connectivity index is 1.67. The van der Waals surface area contributed by atoms with Crippen molar-refractivity contribution in [2.45, 2.75) is 33.5 Å². The summed E-state index contributed by atoms with van der Waals surface area (Å²) in [6, 6.07) is 16.5. The van der Waals surface area contributed by atoms with Crippen LogP contribution in [0, 0.1) is 13.8 Å². The average Bonchev–Trinajstić information content (AvgIpc) is 2.90. The fourth-order valence-corrected chi connectivity index (χ4v) is 3.43. The van der Waals surface area contributed by atoms with Crippen LogP contribution in [0.1, 0.15) is 28.1 Å². The standard InChI is InChI=1S/C22H27ClN4/c1-16-22(17(2)27(25-16)21-10-8-20(23)9-11-21)14-24-13-18-6-5-7-19(12-18)15-26(3)4/h5-12,24H,13-15H2,1-4H3. The van der Waals surface area contributed by atoms with Crippen LogP contribution in [0.3, 0.4) is 0 Å². The molecule has 27 heavy (non-hydrogen) atoms. The summed E-state index contributed by atoms with van der Waals surface area (Å²) in [6.07, 6.45) is 0. The van der Waals surface area contributed by atoms with Crippen LogP contribution in [0.4, 0.5) is 0 Å². The van der Waals surface area contributed by atoms with Crippen molar-refractivity contribution in [1.82, 2.24) is 20.0 Å². The third-order valence-corrected chi connectivity index (χ3v) is 4.89. The molecule has 3 aromatic rings. The summed E-state index contributed by atoms with van der Waals surface area (Å²) in [5, 5.41) is 9.01. The van der Waals surface area contributed by atoms with E-state index in [4.69, 9.17) is 16.7 Å². The van der Waals surface area contributed by atoms with Crippen molar-refractivity contribution in [1.29, 1.82) is 0 Å². The Hall–Kier alpha value is -2.14. The second-order valence-corrected chi connectivity index (χ2v) is 7.64. The van der Waals surface area contributed by atoms with Crippen LogP contribution < -0.4 is 5.32 Å². The predicted molar refractivity (Wildman–Crippen MR) is 112 cm³/mol. The molecule has 4 nitrogen and oxygen atoms in total. The fourth-order valence-electron chi connectivity index (χ4n) is 3.30. The maximum absolute atomic E-state index is 6.00. The maximum atomic E-state index is 6.00. The number of aryl methyl sites for hydroxylation is 1. The molecule has 1 heterocycles. The van der Waals surface area contributed by atoms with Crippen LogP contribution in [0.5, 0.6) is 0 Å². The summed E-state index contributed by atoms with van der Waals surface area (Å²) in [7, 11) is 4.18. The highest BCUT2D eigenvalue weighted by Gasteiger charge is 2.12. The van der Waals surface area contributed by atoms with E-state index in [2.05, 4.69) is 62.4 Å². The molecule has 2 aromatic carbocycles. The smallest absolute Gasteiger partial charge is 0.0649 e. The SMILES string of the molecule is Cc1nn(-c2ccc(Cl)cc2)c(C)c1CNCc1cccc(CN(C)C)c1. The van der Waals surface area contributed by atoms with E-state index < -0.39 is 0 Å². The van der Waals surface area contributed by atoms with Gasteiger partial charge in [0.2, 0.25) is 0 Å². The third-order valence-electron chi connectivity index (χ3n) is 4.63. The first-order chi connectivity index (χ1) is 12.9. The maximum Gasteiger partial charge on any atom is 0.0649 e. The molecular formula is C22H27ClN4. The Kier molecular flexibility index (Phi) is 6.32. The van der Waals surface area contributed by atoms with Crippen molar-refractivity contribution >= 4 is 11.6 Å². The largest absolute Gasteiger partial charge is 0.308 e. The van der Waals surface area contributed by atoms with Gasteiger partial charge in [0, 0.05) is 35.9 Å². The molecule has 0 amide bonds. The monoisotopic (exact) mass is 382 g/mol. The van der Waals surface area contributed by atoms with Gasteiger partial charge in [-0.05, 0) is 63.3 Å². The van der Waals surface area contributed by atoms with E-state index in [1.54, 1.807) is 0 Å². The molecule has 5 heteroatoms. The highest BCUT2D eigenvalue weighted by Crippen LogP contribution is 2.19. The van der Waals surface area contributed by atoms with E-state index in [0.717, 1.165) is 41.7 Å². The molecule has 0 aliphatic rings. The lowest BCUT2D eigenvalue weighted by atomic mass is 10.1. The Morgan fingerprint density at radius 3 is 2.41 bits per heavy atom. The molecule has 1 N–H and O–H groups in total. The van der Waals surface area contributed by atoms with Gasteiger partial charge in [0.15, 0.2) is 0 Å². The fraction of sp³-hybridized carbons (Fsp3) is 0.318. The Morgan fingerprint density at radius 2 is 1.70 bits per heavy atom. The molecule has 3 rings (SSSR count). The minimum atomic E-state index is 0.735. The van der Waals surface area contributed by atoms with Crippen LogP contribution in [0.15, 0.2) is 48.5 Å². The Morgan fingerprint density at radius 1 is 1.00 bits per heavy atom. The number of benzene rings is 2. The number of halogens is 1. The molecule has 0 aliphatic carbocycles. The van der Waals surface area contributed by atoms with E-state index >= 15 is 0 Å². The summed E-state index contributed by atoms with van der Waals surface area (Å²) in [5.41, 5.74) is 7.12. The highest BCUT2D eigenvalue weighted by atomic mass is 35.5. The van der Waals surface area contributed by atoms with Crippen molar-refractivity contribution in [3.63, 3.8) is 0 Å². The molecule has 0 atom stereocenters. The number of hydrogen-bond acceptors (Lipinski definition) is 3. The molecule has 0 bridgehead atoms. The van der Waals surface area contributed by atoms with Crippen LogP contribution in [-0.2, 0) is 19.6 Å².